The van der Waals surface area contributed by atoms with Gasteiger partial charge in [0.1, 0.15) is 23.3 Å². The lowest BCUT2D eigenvalue weighted by molar-refractivity contribution is -0.118. The Bertz CT molecular complexity index is 787. The SMILES string of the molecule is N#CC1=C(O)NC(O)=C(C#N)C12C(=O)Nc1ccccc12. The number of nitrogens with one attached hydrogen (secondary N) is 2. The summed E-state index contributed by atoms with van der Waals surface area (Å²) in [4.78, 5) is 12.5. The molecule has 0 saturated carbocycles. The number of benzene rings is 1. The summed E-state index contributed by atoms with van der Waals surface area (Å²) < 4.78 is 0. The minimum Gasteiger partial charge on any atom is -0.494 e. The second kappa shape index (κ2) is 4.02. The topological polar surface area (TPSA) is 129 Å². The van der Waals surface area contributed by atoms with E-state index in [2.05, 4.69) is 10.6 Å². The van der Waals surface area contributed by atoms with E-state index in [0.29, 0.717) is 11.3 Å². The molecule has 0 aromatic heterocycles. The Kier molecular flexibility index (Phi) is 2.41. The fourth-order valence-corrected chi connectivity index (χ4v) is 2.74. The minimum absolute atomic E-state index is 0.334. The van der Waals surface area contributed by atoms with E-state index in [9.17, 15) is 25.5 Å². The van der Waals surface area contributed by atoms with E-state index in [1.54, 1.807) is 36.4 Å². The molecule has 7 heteroatoms. The monoisotopic (exact) mass is 280 g/mol. The van der Waals surface area contributed by atoms with Gasteiger partial charge in [-0.15, -0.1) is 0 Å². The predicted octanol–water partition coefficient (Wildman–Crippen LogP) is 1.07. The molecule has 2 heterocycles. The number of anilines is 1. The average Bonchev–Trinajstić information content (AvgIpc) is 2.73. The van der Waals surface area contributed by atoms with Crippen LogP contribution in [0.4, 0.5) is 5.69 Å². The van der Waals surface area contributed by atoms with Gasteiger partial charge in [-0.05, 0) is 6.07 Å². The van der Waals surface area contributed by atoms with E-state index >= 15 is 0 Å². The lowest BCUT2D eigenvalue weighted by Crippen LogP contribution is -2.44. The van der Waals surface area contributed by atoms with E-state index in [4.69, 9.17) is 0 Å². The minimum atomic E-state index is -1.83. The maximum absolute atomic E-state index is 12.5. The molecular formula is C14H8N4O3. The molecule has 0 saturated heterocycles. The molecule has 1 spiro atoms. The van der Waals surface area contributed by atoms with Gasteiger partial charge in [-0.3, -0.25) is 10.1 Å². The lowest BCUT2D eigenvalue weighted by Gasteiger charge is -2.30. The van der Waals surface area contributed by atoms with Gasteiger partial charge in [0.25, 0.3) is 0 Å². The first-order valence-corrected chi connectivity index (χ1v) is 5.93. The summed E-state index contributed by atoms with van der Waals surface area (Å²) in [6.07, 6.45) is 0. The highest BCUT2D eigenvalue weighted by Gasteiger charge is 2.58. The fourth-order valence-electron chi connectivity index (χ4n) is 2.74. The van der Waals surface area contributed by atoms with E-state index in [1.807, 2.05) is 0 Å². The summed E-state index contributed by atoms with van der Waals surface area (Å²) >= 11 is 0. The molecular weight excluding hydrogens is 272 g/mol. The first kappa shape index (κ1) is 12.6. The van der Waals surface area contributed by atoms with E-state index in [0.717, 1.165) is 0 Å². The third kappa shape index (κ3) is 1.32. The third-order valence-electron chi connectivity index (χ3n) is 3.60. The average molecular weight is 280 g/mol. The van der Waals surface area contributed by atoms with Crippen LogP contribution in [0.1, 0.15) is 5.56 Å². The van der Waals surface area contributed by atoms with Gasteiger partial charge >= 0.3 is 0 Å². The van der Waals surface area contributed by atoms with Crippen molar-refractivity contribution in [2.75, 3.05) is 5.32 Å². The molecule has 0 radical (unpaired) electrons. The Balaban J connectivity index is 2.46. The van der Waals surface area contributed by atoms with Crippen LogP contribution in [0.5, 0.6) is 0 Å². The largest absolute Gasteiger partial charge is 0.494 e. The zero-order valence-corrected chi connectivity index (χ0v) is 10.5. The number of aliphatic hydroxyl groups excluding tert-OH is 2. The van der Waals surface area contributed by atoms with Crippen LogP contribution in [0.3, 0.4) is 0 Å². The Morgan fingerprint density at radius 2 is 1.57 bits per heavy atom. The number of rotatable bonds is 0. The summed E-state index contributed by atoms with van der Waals surface area (Å²) in [7, 11) is 0. The van der Waals surface area contributed by atoms with Gasteiger partial charge in [0.05, 0.1) is 0 Å². The fraction of sp³-hybridized carbons (Fsp3) is 0.0714. The molecule has 4 N–H and O–H groups in total. The van der Waals surface area contributed by atoms with Gasteiger partial charge in [0, 0.05) is 11.3 Å². The standard InChI is InChI=1S/C14H8N4O3/c15-5-8-11(19)18-12(20)9(6-16)14(8)7-3-1-2-4-10(7)17-13(14)21/h1-4,18-20H,(H,17,21). The van der Waals surface area contributed by atoms with Crippen molar-refractivity contribution in [2.24, 2.45) is 0 Å². The van der Waals surface area contributed by atoms with Crippen LogP contribution >= 0.6 is 0 Å². The molecule has 0 aliphatic carbocycles. The quantitative estimate of drug-likeness (QED) is 0.562. The number of hydrogen-bond acceptors (Lipinski definition) is 6. The van der Waals surface area contributed by atoms with E-state index < -0.39 is 23.1 Å². The van der Waals surface area contributed by atoms with Gasteiger partial charge in [0.15, 0.2) is 5.41 Å². The maximum atomic E-state index is 12.5. The molecule has 0 bridgehead atoms. The van der Waals surface area contributed by atoms with Crippen LogP contribution in [-0.2, 0) is 10.2 Å². The first-order chi connectivity index (χ1) is 10.1. The molecule has 2 aliphatic rings. The van der Waals surface area contributed by atoms with Crippen LogP contribution in [0.2, 0.25) is 0 Å². The molecule has 1 aromatic rings. The molecule has 21 heavy (non-hydrogen) atoms. The van der Waals surface area contributed by atoms with Crippen LogP contribution in [0, 0.1) is 22.7 Å². The highest BCUT2D eigenvalue weighted by Crippen LogP contribution is 2.49. The van der Waals surface area contributed by atoms with Gasteiger partial charge < -0.3 is 15.5 Å². The second-order valence-electron chi connectivity index (χ2n) is 4.55. The van der Waals surface area contributed by atoms with E-state index in [1.165, 1.54) is 0 Å². The highest BCUT2D eigenvalue weighted by molar-refractivity contribution is 6.12. The normalized spacial score (nSPS) is 18.7. The summed E-state index contributed by atoms with van der Waals surface area (Å²) in [6.45, 7) is 0. The summed E-state index contributed by atoms with van der Waals surface area (Å²) in [6, 6.07) is 10.0. The van der Waals surface area contributed by atoms with Gasteiger partial charge in [0.2, 0.25) is 17.7 Å². The van der Waals surface area contributed by atoms with Crippen molar-refractivity contribution < 1.29 is 15.0 Å². The zero-order chi connectivity index (χ0) is 15.2. The first-order valence-electron chi connectivity index (χ1n) is 5.93. The number of fused-ring (bicyclic) bond motifs is 2. The number of amides is 1. The van der Waals surface area contributed by atoms with Gasteiger partial charge in [-0.2, -0.15) is 10.5 Å². The van der Waals surface area contributed by atoms with Crippen molar-refractivity contribution in [1.82, 2.24) is 5.32 Å². The maximum Gasteiger partial charge on any atom is 0.246 e. The van der Waals surface area contributed by atoms with Crippen LogP contribution in [0.15, 0.2) is 47.2 Å². The smallest absolute Gasteiger partial charge is 0.246 e. The summed E-state index contributed by atoms with van der Waals surface area (Å²) in [5.74, 6) is -1.97. The number of dihydropyridines is 1. The molecule has 2 aliphatic heterocycles. The van der Waals surface area contributed by atoms with Crippen molar-refractivity contribution in [3.05, 3.63) is 52.7 Å². The van der Waals surface area contributed by atoms with Crippen molar-refractivity contribution in [1.29, 1.82) is 10.5 Å². The molecule has 0 unspecified atom stereocenters. The summed E-state index contributed by atoms with van der Waals surface area (Å²) in [5, 5.41) is 43.1. The highest BCUT2D eigenvalue weighted by atomic mass is 16.3. The number of para-hydroxylation sites is 1. The molecule has 1 aromatic carbocycles. The van der Waals surface area contributed by atoms with Crippen molar-refractivity contribution in [3.8, 4) is 12.1 Å². The third-order valence-corrected chi connectivity index (χ3v) is 3.60. The van der Waals surface area contributed by atoms with Crippen LogP contribution in [-0.4, -0.2) is 16.1 Å². The number of nitrogens with zero attached hydrogens (tertiary/aromatic N) is 2. The number of aliphatic hydroxyl groups is 2. The van der Waals surface area contributed by atoms with Crippen LogP contribution < -0.4 is 10.6 Å². The van der Waals surface area contributed by atoms with Crippen LogP contribution in [0.25, 0.3) is 0 Å². The second-order valence-corrected chi connectivity index (χ2v) is 4.55. The lowest BCUT2D eigenvalue weighted by atomic mass is 9.69. The molecule has 7 nitrogen and oxygen atoms in total. The van der Waals surface area contributed by atoms with Crippen molar-refractivity contribution in [3.63, 3.8) is 0 Å². The van der Waals surface area contributed by atoms with Crippen molar-refractivity contribution in [2.45, 2.75) is 5.41 Å². The number of carbonyl (C=O) groups is 1. The number of nitriles is 2. The van der Waals surface area contributed by atoms with Gasteiger partial charge in [-0.25, -0.2) is 0 Å². The van der Waals surface area contributed by atoms with E-state index in [-0.39, 0.29) is 11.1 Å². The molecule has 0 atom stereocenters. The number of carbonyl (C=O) groups excluding carboxylic acids is 1. The molecule has 0 fully saturated rings. The Morgan fingerprint density at radius 1 is 1.00 bits per heavy atom. The van der Waals surface area contributed by atoms with Gasteiger partial charge in [-0.1, -0.05) is 18.2 Å². The molecule has 1 amide bonds. The predicted molar refractivity (Wildman–Crippen MR) is 70.4 cm³/mol. The molecule has 102 valence electrons. The Hall–Kier alpha value is -3.45. The number of hydrogen-bond donors (Lipinski definition) is 4. The molecule has 3 rings (SSSR count). The van der Waals surface area contributed by atoms with Crippen molar-refractivity contribution >= 4 is 11.6 Å². The summed E-state index contributed by atoms with van der Waals surface area (Å²) in [5.41, 5.74) is -1.74. The Labute approximate surface area is 119 Å². The Morgan fingerprint density at radius 3 is 2.14 bits per heavy atom. The zero-order valence-electron chi connectivity index (χ0n) is 10.5.